The van der Waals surface area contributed by atoms with E-state index in [0.717, 1.165) is 0 Å². The Morgan fingerprint density at radius 3 is 2.37 bits per heavy atom. The third kappa shape index (κ3) is 6.34. The predicted molar refractivity (Wildman–Crippen MR) is 145 cm³/mol. The average molecular weight is 539 g/mol. The van der Waals surface area contributed by atoms with Gasteiger partial charge in [-0.2, -0.15) is 0 Å². The van der Waals surface area contributed by atoms with Crippen molar-refractivity contribution in [2.45, 2.75) is 37.9 Å². The first kappa shape index (κ1) is 27.2. The van der Waals surface area contributed by atoms with E-state index < -0.39 is 5.97 Å². The summed E-state index contributed by atoms with van der Waals surface area (Å²) < 4.78 is 11.7. The Morgan fingerprint density at radius 1 is 1.00 bits per heavy atom. The van der Waals surface area contributed by atoms with Gasteiger partial charge in [-0.3, -0.25) is 14.2 Å². The molecule has 1 fully saturated rings. The van der Waals surface area contributed by atoms with Crippen molar-refractivity contribution in [3.63, 3.8) is 0 Å². The van der Waals surface area contributed by atoms with Crippen LogP contribution in [0.25, 0.3) is 10.9 Å². The largest absolute Gasteiger partial charge is 0.462 e. The molecule has 2 heterocycles. The number of ether oxygens (including phenoxy) is 2. The van der Waals surface area contributed by atoms with Crippen LogP contribution in [-0.4, -0.2) is 64.5 Å². The summed E-state index contributed by atoms with van der Waals surface area (Å²) in [6.07, 6.45) is 0.799. The number of thioether (sulfide) groups is 1. The van der Waals surface area contributed by atoms with E-state index in [4.69, 9.17) is 14.5 Å². The van der Waals surface area contributed by atoms with Crippen LogP contribution in [0.1, 0.15) is 43.1 Å². The molecule has 0 aliphatic carbocycles. The quantitative estimate of drug-likeness (QED) is 0.259. The number of para-hydroxylation sites is 1. The summed E-state index contributed by atoms with van der Waals surface area (Å²) in [5.74, 6) is -0.661. The van der Waals surface area contributed by atoms with E-state index in [-0.39, 0.29) is 36.0 Å². The number of anilines is 1. The van der Waals surface area contributed by atoms with Crippen LogP contribution < -0.4 is 10.9 Å². The fraction of sp³-hybridized carbons (Fsp3) is 0.370. The average Bonchev–Trinajstić information content (AvgIpc) is 2.93. The van der Waals surface area contributed by atoms with Gasteiger partial charge < -0.3 is 19.7 Å². The molecule has 10 nitrogen and oxygen atoms in total. The van der Waals surface area contributed by atoms with Crippen LogP contribution in [0.4, 0.5) is 10.5 Å². The molecular weight excluding hydrogens is 508 g/mol. The van der Waals surface area contributed by atoms with Gasteiger partial charge in [0.2, 0.25) is 5.91 Å². The summed E-state index contributed by atoms with van der Waals surface area (Å²) in [5.41, 5.74) is 1.34. The van der Waals surface area contributed by atoms with Crippen LogP contribution >= 0.6 is 11.8 Å². The molecule has 1 N–H and O–H groups in total. The third-order valence-electron chi connectivity index (χ3n) is 6.14. The number of fused-ring (bicyclic) bond motifs is 1. The minimum atomic E-state index is -0.422. The molecule has 38 heavy (non-hydrogen) atoms. The first-order valence-electron chi connectivity index (χ1n) is 12.5. The molecule has 1 saturated heterocycles. The Kier molecular flexibility index (Phi) is 9.01. The minimum Gasteiger partial charge on any atom is -0.462 e. The number of rotatable bonds is 8. The van der Waals surface area contributed by atoms with Gasteiger partial charge in [-0.25, -0.2) is 14.6 Å². The van der Waals surface area contributed by atoms with Gasteiger partial charge in [0.1, 0.15) is 0 Å². The second kappa shape index (κ2) is 12.6. The number of esters is 1. The molecule has 0 unspecified atom stereocenters. The van der Waals surface area contributed by atoms with E-state index in [9.17, 15) is 19.2 Å². The monoisotopic (exact) mass is 538 g/mol. The second-order valence-corrected chi connectivity index (χ2v) is 9.58. The molecule has 1 aromatic heterocycles. The van der Waals surface area contributed by atoms with Crippen LogP contribution in [0.2, 0.25) is 0 Å². The topological polar surface area (TPSA) is 120 Å². The molecule has 3 aromatic rings. The van der Waals surface area contributed by atoms with E-state index in [1.54, 1.807) is 65.8 Å². The Hall–Kier alpha value is -3.86. The Bertz CT molecular complexity index is 1370. The lowest BCUT2D eigenvalue weighted by Gasteiger charge is -2.33. The molecule has 2 aromatic carbocycles. The number of nitrogens with zero attached hydrogens (tertiary/aromatic N) is 3. The van der Waals surface area contributed by atoms with E-state index in [2.05, 4.69) is 5.32 Å². The van der Waals surface area contributed by atoms with Crippen LogP contribution in [0.3, 0.4) is 0 Å². The summed E-state index contributed by atoms with van der Waals surface area (Å²) in [5, 5.41) is 3.77. The number of likely N-dealkylation sites (tertiary alicyclic amines) is 1. The number of piperidine rings is 1. The standard InChI is InChI=1S/C27H30N4O6S/c1-3-36-25(34)18-9-11-19(12-10-18)28-23(32)17-38-26-29-22-8-6-5-7-21(22)24(33)31(26)20-13-15-30(16-14-20)27(35)37-4-2/h5-12,20H,3-4,13-17H2,1-2H3,(H,28,32). The molecule has 2 amide bonds. The molecule has 11 heteroatoms. The predicted octanol–water partition coefficient (Wildman–Crippen LogP) is 4.10. The zero-order chi connectivity index (χ0) is 27.1. The molecule has 1 aliphatic heterocycles. The normalized spacial score (nSPS) is 13.8. The first-order chi connectivity index (χ1) is 18.4. The fourth-order valence-corrected chi connectivity index (χ4v) is 5.17. The molecule has 0 saturated carbocycles. The summed E-state index contributed by atoms with van der Waals surface area (Å²) in [6.45, 7) is 5.03. The highest BCUT2D eigenvalue weighted by Crippen LogP contribution is 2.28. The second-order valence-electron chi connectivity index (χ2n) is 8.64. The van der Waals surface area contributed by atoms with Gasteiger partial charge in [-0.15, -0.1) is 0 Å². The smallest absolute Gasteiger partial charge is 0.409 e. The van der Waals surface area contributed by atoms with E-state index in [1.165, 1.54) is 11.8 Å². The first-order valence-corrected chi connectivity index (χ1v) is 13.5. The van der Waals surface area contributed by atoms with Crippen molar-refractivity contribution in [3.8, 4) is 0 Å². The number of benzene rings is 2. The van der Waals surface area contributed by atoms with Gasteiger partial charge in [0.05, 0.1) is 35.4 Å². The lowest BCUT2D eigenvalue weighted by Crippen LogP contribution is -2.41. The maximum Gasteiger partial charge on any atom is 0.409 e. The fourth-order valence-electron chi connectivity index (χ4n) is 4.30. The molecule has 200 valence electrons. The van der Waals surface area contributed by atoms with E-state index >= 15 is 0 Å². The zero-order valence-electron chi connectivity index (χ0n) is 21.3. The van der Waals surface area contributed by atoms with Gasteiger partial charge >= 0.3 is 12.1 Å². The van der Waals surface area contributed by atoms with Crippen LogP contribution in [0.15, 0.2) is 58.5 Å². The lowest BCUT2D eigenvalue weighted by atomic mass is 10.0. The van der Waals surface area contributed by atoms with Gasteiger partial charge in [-0.05, 0) is 63.1 Å². The highest BCUT2D eigenvalue weighted by molar-refractivity contribution is 7.99. The number of amides is 2. The lowest BCUT2D eigenvalue weighted by molar-refractivity contribution is -0.113. The Labute approximate surface area is 224 Å². The number of nitrogens with one attached hydrogen (secondary N) is 1. The van der Waals surface area contributed by atoms with Gasteiger partial charge in [0, 0.05) is 24.8 Å². The van der Waals surface area contributed by atoms with Crippen LogP contribution in [0, 0.1) is 0 Å². The number of hydrogen-bond donors (Lipinski definition) is 1. The van der Waals surface area contributed by atoms with Crippen LogP contribution in [0.5, 0.6) is 0 Å². The maximum absolute atomic E-state index is 13.5. The zero-order valence-corrected chi connectivity index (χ0v) is 22.2. The number of carbonyl (C=O) groups is 3. The maximum atomic E-state index is 13.5. The summed E-state index contributed by atoms with van der Waals surface area (Å²) in [7, 11) is 0. The van der Waals surface area contributed by atoms with Gasteiger partial charge in [-0.1, -0.05) is 23.9 Å². The molecule has 0 spiro atoms. The highest BCUT2D eigenvalue weighted by atomic mass is 32.2. The van der Waals surface area contributed by atoms with Crippen molar-refractivity contribution < 1.29 is 23.9 Å². The SMILES string of the molecule is CCOC(=O)c1ccc(NC(=O)CSc2nc3ccccc3c(=O)n2C2CCN(C(=O)OCC)CC2)cc1. The summed E-state index contributed by atoms with van der Waals surface area (Å²) in [6, 6.07) is 13.4. The molecule has 0 radical (unpaired) electrons. The Balaban J connectivity index is 1.48. The van der Waals surface area contributed by atoms with Crippen molar-refractivity contribution in [1.82, 2.24) is 14.5 Å². The van der Waals surface area contributed by atoms with Crippen LogP contribution in [-0.2, 0) is 14.3 Å². The van der Waals surface area contributed by atoms with E-state index in [0.29, 0.717) is 59.8 Å². The third-order valence-corrected chi connectivity index (χ3v) is 7.10. The van der Waals surface area contributed by atoms with Crippen molar-refractivity contribution in [3.05, 3.63) is 64.4 Å². The van der Waals surface area contributed by atoms with Crippen molar-refractivity contribution in [2.75, 3.05) is 37.4 Å². The molecule has 0 bridgehead atoms. The van der Waals surface area contributed by atoms with Gasteiger partial charge in [0.25, 0.3) is 5.56 Å². The number of aromatic nitrogens is 2. The summed E-state index contributed by atoms with van der Waals surface area (Å²) >= 11 is 1.19. The minimum absolute atomic E-state index is 0.0338. The molecule has 1 aliphatic rings. The van der Waals surface area contributed by atoms with Crippen molar-refractivity contribution >= 4 is 46.3 Å². The van der Waals surface area contributed by atoms with Crippen molar-refractivity contribution in [1.29, 1.82) is 0 Å². The number of carbonyl (C=O) groups excluding carboxylic acids is 3. The number of hydrogen-bond acceptors (Lipinski definition) is 8. The molecule has 4 rings (SSSR count). The van der Waals surface area contributed by atoms with Crippen molar-refractivity contribution in [2.24, 2.45) is 0 Å². The highest BCUT2D eigenvalue weighted by Gasteiger charge is 2.28. The summed E-state index contributed by atoms with van der Waals surface area (Å²) in [4.78, 5) is 56.5. The Morgan fingerprint density at radius 2 is 1.68 bits per heavy atom. The molecule has 0 atom stereocenters. The van der Waals surface area contributed by atoms with Gasteiger partial charge in [0.15, 0.2) is 5.16 Å². The molecular formula is C27H30N4O6S. The van der Waals surface area contributed by atoms with E-state index in [1.807, 2.05) is 6.07 Å².